The summed E-state index contributed by atoms with van der Waals surface area (Å²) in [7, 11) is 0. The summed E-state index contributed by atoms with van der Waals surface area (Å²) in [6, 6.07) is -0.0929. The maximum Gasteiger partial charge on any atom is 0.240 e. The smallest absolute Gasteiger partial charge is 0.240 e. The lowest BCUT2D eigenvalue weighted by molar-refractivity contribution is -0.133. The van der Waals surface area contributed by atoms with Crippen LogP contribution in [0.25, 0.3) is 0 Å². The molecule has 0 spiro atoms. The van der Waals surface area contributed by atoms with Crippen molar-refractivity contribution in [1.29, 1.82) is 0 Å². The lowest BCUT2D eigenvalue weighted by Crippen LogP contribution is -2.49. The molecule has 2 N–H and O–H groups in total. The Labute approximate surface area is 136 Å². The molecule has 130 valence electrons. The molecule has 1 fully saturated rings. The van der Waals surface area contributed by atoms with Crippen molar-refractivity contribution in [2.24, 2.45) is 5.73 Å². The van der Waals surface area contributed by atoms with Gasteiger partial charge in [0, 0.05) is 45.2 Å². The first-order chi connectivity index (χ1) is 11.0. The highest BCUT2D eigenvalue weighted by Crippen LogP contribution is 2.14. The van der Waals surface area contributed by atoms with Gasteiger partial charge in [-0.05, 0) is 20.8 Å². The molecule has 1 aliphatic heterocycles. The number of hydrogen-bond acceptors (Lipinski definition) is 7. The Bertz CT molecular complexity index is 497. The van der Waals surface area contributed by atoms with Crippen molar-refractivity contribution < 1.29 is 14.1 Å². The van der Waals surface area contributed by atoms with Crippen molar-refractivity contribution in [3.05, 3.63) is 11.7 Å². The number of amides is 1. The number of ether oxygens (including phenoxy) is 1. The number of aromatic nitrogens is 2. The monoisotopic (exact) mass is 325 g/mol. The minimum Gasteiger partial charge on any atom is -0.371 e. The SMILES string of the molecule is CCOC(C)c1noc(CN2CCN(C(=O)CC(C)N)CC2)n1. The Morgan fingerprint density at radius 3 is 2.65 bits per heavy atom. The fourth-order valence-corrected chi connectivity index (χ4v) is 2.57. The number of nitrogens with zero attached hydrogens (tertiary/aromatic N) is 4. The fraction of sp³-hybridized carbons (Fsp3) is 0.800. The molecule has 1 amide bonds. The van der Waals surface area contributed by atoms with E-state index >= 15 is 0 Å². The van der Waals surface area contributed by atoms with E-state index in [0.717, 1.165) is 13.1 Å². The van der Waals surface area contributed by atoms with Crippen LogP contribution in [0.1, 0.15) is 45.0 Å². The molecule has 2 unspecified atom stereocenters. The molecule has 0 bridgehead atoms. The van der Waals surface area contributed by atoms with Gasteiger partial charge in [0.2, 0.25) is 11.8 Å². The summed E-state index contributed by atoms with van der Waals surface area (Å²) in [6.07, 6.45) is 0.243. The zero-order valence-corrected chi connectivity index (χ0v) is 14.2. The average molecular weight is 325 g/mol. The number of rotatable bonds is 7. The van der Waals surface area contributed by atoms with Crippen LogP contribution in [0, 0.1) is 0 Å². The van der Waals surface area contributed by atoms with E-state index in [0.29, 0.717) is 44.4 Å². The lowest BCUT2D eigenvalue weighted by atomic mass is 10.2. The van der Waals surface area contributed by atoms with Crippen LogP contribution >= 0.6 is 0 Å². The van der Waals surface area contributed by atoms with Crippen LogP contribution in [0.2, 0.25) is 0 Å². The van der Waals surface area contributed by atoms with E-state index in [-0.39, 0.29) is 18.1 Å². The normalized spacial score (nSPS) is 18.9. The Balaban J connectivity index is 1.79. The molecule has 0 saturated carbocycles. The Hall–Kier alpha value is -1.51. The lowest BCUT2D eigenvalue weighted by Gasteiger charge is -2.34. The van der Waals surface area contributed by atoms with Gasteiger partial charge in [0.05, 0.1) is 6.54 Å². The minimum absolute atomic E-state index is 0.0929. The van der Waals surface area contributed by atoms with Crippen molar-refractivity contribution in [1.82, 2.24) is 19.9 Å². The fourth-order valence-electron chi connectivity index (χ4n) is 2.57. The predicted molar refractivity (Wildman–Crippen MR) is 84.5 cm³/mol. The van der Waals surface area contributed by atoms with E-state index < -0.39 is 0 Å². The van der Waals surface area contributed by atoms with Crippen LogP contribution in [0.5, 0.6) is 0 Å². The Morgan fingerprint density at radius 2 is 2.04 bits per heavy atom. The summed E-state index contributed by atoms with van der Waals surface area (Å²) in [5.74, 6) is 1.29. The first kappa shape index (κ1) is 17.8. The van der Waals surface area contributed by atoms with Crippen molar-refractivity contribution in [2.75, 3.05) is 32.8 Å². The van der Waals surface area contributed by atoms with Crippen molar-refractivity contribution >= 4 is 5.91 Å². The van der Waals surface area contributed by atoms with E-state index in [2.05, 4.69) is 15.0 Å². The van der Waals surface area contributed by atoms with Gasteiger partial charge in [-0.2, -0.15) is 4.98 Å². The van der Waals surface area contributed by atoms with E-state index in [1.165, 1.54) is 0 Å². The second-order valence-electron chi connectivity index (χ2n) is 5.98. The summed E-state index contributed by atoms with van der Waals surface area (Å²) in [4.78, 5) is 20.4. The number of nitrogens with two attached hydrogens (primary N) is 1. The predicted octanol–water partition coefficient (Wildman–Crippen LogP) is 0.549. The van der Waals surface area contributed by atoms with Crippen molar-refractivity contribution in [3.8, 4) is 0 Å². The maximum atomic E-state index is 12.0. The van der Waals surface area contributed by atoms with E-state index in [4.69, 9.17) is 15.0 Å². The molecular formula is C15H27N5O3. The number of carbonyl (C=O) groups is 1. The van der Waals surface area contributed by atoms with Crippen LogP contribution in [0.3, 0.4) is 0 Å². The third-order valence-electron chi connectivity index (χ3n) is 3.84. The van der Waals surface area contributed by atoms with Gasteiger partial charge < -0.3 is 19.9 Å². The van der Waals surface area contributed by atoms with Crippen LogP contribution in [-0.4, -0.2) is 64.7 Å². The van der Waals surface area contributed by atoms with E-state index in [9.17, 15) is 4.79 Å². The van der Waals surface area contributed by atoms with Gasteiger partial charge in [0.15, 0.2) is 5.82 Å². The molecule has 0 aliphatic carbocycles. The zero-order valence-electron chi connectivity index (χ0n) is 14.2. The second-order valence-corrected chi connectivity index (χ2v) is 5.98. The molecule has 2 atom stereocenters. The summed E-state index contributed by atoms with van der Waals surface area (Å²) >= 11 is 0. The largest absolute Gasteiger partial charge is 0.371 e. The quantitative estimate of drug-likeness (QED) is 0.781. The topological polar surface area (TPSA) is 97.7 Å². The summed E-state index contributed by atoms with van der Waals surface area (Å²) in [6.45, 7) is 9.91. The number of carbonyl (C=O) groups excluding carboxylic acids is 1. The van der Waals surface area contributed by atoms with E-state index in [1.807, 2.05) is 25.7 Å². The molecule has 0 aromatic carbocycles. The molecule has 8 nitrogen and oxygen atoms in total. The van der Waals surface area contributed by atoms with Crippen LogP contribution < -0.4 is 5.73 Å². The van der Waals surface area contributed by atoms with Gasteiger partial charge in [0.25, 0.3) is 0 Å². The summed E-state index contributed by atoms with van der Waals surface area (Å²) < 4.78 is 10.7. The van der Waals surface area contributed by atoms with Gasteiger partial charge in [0.1, 0.15) is 6.10 Å². The first-order valence-corrected chi connectivity index (χ1v) is 8.19. The molecule has 23 heavy (non-hydrogen) atoms. The molecular weight excluding hydrogens is 298 g/mol. The Kier molecular flexibility index (Phi) is 6.49. The molecule has 1 aromatic heterocycles. The minimum atomic E-state index is -0.162. The van der Waals surface area contributed by atoms with Crippen LogP contribution in [0.4, 0.5) is 0 Å². The highest BCUT2D eigenvalue weighted by molar-refractivity contribution is 5.76. The summed E-state index contributed by atoms with van der Waals surface area (Å²) in [5, 5.41) is 3.96. The highest BCUT2D eigenvalue weighted by atomic mass is 16.5. The third kappa shape index (κ3) is 5.26. The van der Waals surface area contributed by atoms with Gasteiger partial charge in [-0.1, -0.05) is 5.16 Å². The molecule has 1 aliphatic rings. The summed E-state index contributed by atoms with van der Waals surface area (Å²) in [5.41, 5.74) is 5.68. The van der Waals surface area contributed by atoms with E-state index in [1.54, 1.807) is 0 Å². The molecule has 2 rings (SSSR count). The standard InChI is InChI=1S/C15H27N5O3/c1-4-22-12(3)15-17-13(23-18-15)10-19-5-7-20(8-6-19)14(21)9-11(2)16/h11-12H,4-10,16H2,1-3H3. The van der Waals surface area contributed by atoms with Gasteiger partial charge in [-0.15, -0.1) is 0 Å². The van der Waals surface area contributed by atoms with Gasteiger partial charge >= 0.3 is 0 Å². The second kappa shape index (κ2) is 8.37. The van der Waals surface area contributed by atoms with Gasteiger partial charge in [-0.3, -0.25) is 9.69 Å². The zero-order chi connectivity index (χ0) is 16.8. The van der Waals surface area contributed by atoms with Crippen LogP contribution in [-0.2, 0) is 16.1 Å². The average Bonchev–Trinajstić information content (AvgIpc) is 2.96. The molecule has 0 radical (unpaired) electrons. The van der Waals surface area contributed by atoms with Crippen LogP contribution in [0.15, 0.2) is 4.52 Å². The first-order valence-electron chi connectivity index (χ1n) is 8.19. The number of piperazine rings is 1. The highest BCUT2D eigenvalue weighted by Gasteiger charge is 2.23. The molecule has 1 saturated heterocycles. The third-order valence-corrected chi connectivity index (χ3v) is 3.84. The maximum absolute atomic E-state index is 12.0. The Morgan fingerprint density at radius 1 is 1.35 bits per heavy atom. The number of hydrogen-bond donors (Lipinski definition) is 1. The van der Waals surface area contributed by atoms with Crippen molar-refractivity contribution in [2.45, 2.75) is 45.9 Å². The molecule has 1 aromatic rings. The molecule has 2 heterocycles. The molecule has 8 heteroatoms. The van der Waals surface area contributed by atoms with Crippen molar-refractivity contribution in [3.63, 3.8) is 0 Å². The van der Waals surface area contributed by atoms with Gasteiger partial charge in [-0.25, -0.2) is 0 Å².